The van der Waals surface area contributed by atoms with Crippen molar-refractivity contribution in [3.8, 4) is 0 Å². The fourth-order valence-electron chi connectivity index (χ4n) is 1.96. The second-order valence-corrected chi connectivity index (χ2v) is 4.44. The molecule has 21 heavy (non-hydrogen) atoms. The van der Waals surface area contributed by atoms with E-state index in [9.17, 15) is 19.7 Å². The van der Waals surface area contributed by atoms with E-state index in [2.05, 4.69) is 5.32 Å². The summed E-state index contributed by atoms with van der Waals surface area (Å²) in [5.41, 5.74) is 0.876. The zero-order valence-corrected chi connectivity index (χ0v) is 11.2. The topological polar surface area (TPSA) is 89.3 Å². The minimum Gasteiger partial charge on any atom is -0.322 e. The largest absolute Gasteiger partial charge is 0.322 e. The molecule has 0 aliphatic heterocycles. The van der Waals surface area contributed by atoms with Crippen LogP contribution in [0.1, 0.15) is 26.3 Å². The number of benzene rings is 2. The Balaban J connectivity index is 2.37. The summed E-state index contributed by atoms with van der Waals surface area (Å²) < 4.78 is 0. The van der Waals surface area contributed by atoms with Crippen LogP contribution in [0.2, 0.25) is 0 Å². The molecule has 0 radical (unpaired) electrons. The SMILES string of the molecule is Cc1cccc(NC(=O)c2cccc([N+](=O)[O-])c2C=O)c1. The van der Waals surface area contributed by atoms with Crippen molar-refractivity contribution in [2.24, 2.45) is 0 Å². The molecule has 0 saturated carbocycles. The molecule has 0 saturated heterocycles. The Morgan fingerprint density at radius 1 is 1.24 bits per heavy atom. The van der Waals surface area contributed by atoms with Crippen molar-refractivity contribution in [3.05, 3.63) is 69.3 Å². The van der Waals surface area contributed by atoms with E-state index in [4.69, 9.17) is 0 Å². The van der Waals surface area contributed by atoms with Crippen LogP contribution in [0.25, 0.3) is 0 Å². The highest BCUT2D eigenvalue weighted by molar-refractivity contribution is 6.10. The van der Waals surface area contributed by atoms with Gasteiger partial charge in [-0.3, -0.25) is 19.7 Å². The molecule has 6 heteroatoms. The number of anilines is 1. The molecule has 2 aromatic rings. The molecular weight excluding hydrogens is 272 g/mol. The number of nitrogens with one attached hydrogen (secondary N) is 1. The van der Waals surface area contributed by atoms with E-state index >= 15 is 0 Å². The summed E-state index contributed by atoms with van der Waals surface area (Å²) in [4.78, 5) is 33.5. The minimum atomic E-state index is -0.687. The number of carbonyl (C=O) groups is 2. The maximum atomic E-state index is 12.2. The Bertz CT molecular complexity index is 725. The van der Waals surface area contributed by atoms with Gasteiger partial charge in [0, 0.05) is 11.8 Å². The van der Waals surface area contributed by atoms with Crippen LogP contribution in [0, 0.1) is 17.0 Å². The van der Waals surface area contributed by atoms with Gasteiger partial charge in [0.05, 0.1) is 10.5 Å². The third-order valence-electron chi connectivity index (χ3n) is 2.92. The number of nitro groups is 1. The number of carbonyl (C=O) groups excluding carboxylic acids is 2. The average molecular weight is 284 g/mol. The van der Waals surface area contributed by atoms with Gasteiger partial charge in [-0.25, -0.2) is 0 Å². The Labute approximate surface area is 120 Å². The number of aryl methyl sites for hydroxylation is 1. The van der Waals surface area contributed by atoms with Gasteiger partial charge in [-0.2, -0.15) is 0 Å². The number of hydrogen-bond donors (Lipinski definition) is 1. The minimum absolute atomic E-state index is 0.0271. The van der Waals surface area contributed by atoms with Gasteiger partial charge < -0.3 is 5.32 Å². The standard InChI is InChI=1S/C15H12N2O4/c1-10-4-2-5-11(8-10)16-15(19)12-6-3-7-14(17(20)21)13(12)9-18/h2-9H,1H3,(H,16,19). The first kappa shape index (κ1) is 14.4. The van der Waals surface area contributed by atoms with Crippen LogP contribution in [0.5, 0.6) is 0 Å². The monoisotopic (exact) mass is 284 g/mol. The van der Waals surface area contributed by atoms with Crippen LogP contribution >= 0.6 is 0 Å². The zero-order chi connectivity index (χ0) is 15.4. The highest BCUT2D eigenvalue weighted by Crippen LogP contribution is 2.21. The predicted octanol–water partition coefficient (Wildman–Crippen LogP) is 2.97. The maximum absolute atomic E-state index is 12.2. The van der Waals surface area contributed by atoms with E-state index in [0.717, 1.165) is 5.56 Å². The van der Waals surface area contributed by atoms with Gasteiger partial charge in [0.2, 0.25) is 0 Å². The fraction of sp³-hybridized carbons (Fsp3) is 0.0667. The Kier molecular flexibility index (Phi) is 4.08. The lowest BCUT2D eigenvalue weighted by Gasteiger charge is -2.08. The average Bonchev–Trinajstić information content (AvgIpc) is 2.46. The lowest BCUT2D eigenvalue weighted by Crippen LogP contribution is -2.15. The molecule has 0 atom stereocenters. The summed E-state index contributed by atoms with van der Waals surface area (Å²) in [5, 5.41) is 13.5. The molecule has 0 heterocycles. The number of nitrogens with zero attached hydrogens (tertiary/aromatic N) is 1. The van der Waals surface area contributed by atoms with E-state index in [1.54, 1.807) is 18.2 Å². The van der Waals surface area contributed by atoms with Gasteiger partial charge in [0.15, 0.2) is 6.29 Å². The van der Waals surface area contributed by atoms with E-state index < -0.39 is 10.8 Å². The smallest absolute Gasteiger partial charge is 0.280 e. The first-order valence-electron chi connectivity index (χ1n) is 6.13. The number of rotatable bonds is 4. The summed E-state index contributed by atoms with van der Waals surface area (Å²) in [5.74, 6) is -0.564. The van der Waals surface area contributed by atoms with E-state index in [-0.39, 0.29) is 16.8 Å². The summed E-state index contributed by atoms with van der Waals surface area (Å²) in [6.07, 6.45) is 0.323. The Morgan fingerprint density at radius 2 is 1.95 bits per heavy atom. The molecule has 2 rings (SSSR count). The summed E-state index contributed by atoms with van der Waals surface area (Å²) >= 11 is 0. The van der Waals surface area contributed by atoms with E-state index in [0.29, 0.717) is 12.0 Å². The van der Waals surface area contributed by atoms with Crippen LogP contribution in [0.4, 0.5) is 11.4 Å². The molecule has 0 fully saturated rings. The molecular formula is C15H12N2O4. The molecule has 106 valence electrons. The van der Waals surface area contributed by atoms with Crippen molar-refractivity contribution in [2.75, 3.05) is 5.32 Å². The highest BCUT2D eigenvalue weighted by Gasteiger charge is 2.21. The van der Waals surface area contributed by atoms with Gasteiger partial charge in [0.25, 0.3) is 11.6 Å². The van der Waals surface area contributed by atoms with Crippen molar-refractivity contribution in [1.82, 2.24) is 0 Å². The van der Waals surface area contributed by atoms with E-state index in [1.807, 2.05) is 13.0 Å². The van der Waals surface area contributed by atoms with Gasteiger partial charge in [-0.05, 0) is 30.7 Å². The molecule has 0 aliphatic rings. The summed E-state index contributed by atoms with van der Waals surface area (Å²) in [6, 6.07) is 11.0. The normalized spacial score (nSPS) is 9.95. The zero-order valence-electron chi connectivity index (χ0n) is 11.2. The number of hydrogen-bond acceptors (Lipinski definition) is 4. The molecule has 2 aromatic carbocycles. The second kappa shape index (κ2) is 5.96. The molecule has 0 unspecified atom stereocenters. The van der Waals surface area contributed by atoms with Crippen molar-refractivity contribution in [1.29, 1.82) is 0 Å². The van der Waals surface area contributed by atoms with E-state index in [1.165, 1.54) is 18.2 Å². The van der Waals surface area contributed by atoms with Crippen molar-refractivity contribution >= 4 is 23.6 Å². The first-order chi connectivity index (χ1) is 10.0. The second-order valence-electron chi connectivity index (χ2n) is 4.44. The molecule has 1 N–H and O–H groups in total. The van der Waals surface area contributed by atoms with Gasteiger partial charge in [0.1, 0.15) is 5.56 Å². The van der Waals surface area contributed by atoms with Crippen molar-refractivity contribution < 1.29 is 14.5 Å². The molecule has 0 aliphatic carbocycles. The molecule has 0 aromatic heterocycles. The lowest BCUT2D eigenvalue weighted by atomic mass is 10.1. The van der Waals surface area contributed by atoms with Gasteiger partial charge in [-0.1, -0.05) is 18.2 Å². The van der Waals surface area contributed by atoms with Crippen LogP contribution in [-0.2, 0) is 0 Å². The lowest BCUT2D eigenvalue weighted by molar-refractivity contribution is -0.385. The summed E-state index contributed by atoms with van der Waals surface area (Å²) in [6.45, 7) is 1.87. The number of amides is 1. The van der Waals surface area contributed by atoms with Crippen LogP contribution in [0.3, 0.4) is 0 Å². The molecule has 0 spiro atoms. The van der Waals surface area contributed by atoms with Gasteiger partial charge in [-0.15, -0.1) is 0 Å². The van der Waals surface area contributed by atoms with Crippen LogP contribution < -0.4 is 5.32 Å². The predicted molar refractivity (Wildman–Crippen MR) is 77.6 cm³/mol. The fourth-order valence-corrected chi connectivity index (χ4v) is 1.96. The van der Waals surface area contributed by atoms with Crippen LogP contribution in [0.15, 0.2) is 42.5 Å². The van der Waals surface area contributed by atoms with Crippen LogP contribution in [-0.4, -0.2) is 17.1 Å². The third-order valence-corrected chi connectivity index (χ3v) is 2.92. The molecule has 1 amide bonds. The molecule has 6 nitrogen and oxygen atoms in total. The van der Waals surface area contributed by atoms with Gasteiger partial charge >= 0.3 is 0 Å². The Hall–Kier alpha value is -3.02. The highest BCUT2D eigenvalue weighted by atomic mass is 16.6. The van der Waals surface area contributed by atoms with Crippen molar-refractivity contribution in [2.45, 2.75) is 6.92 Å². The number of aldehydes is 1. The Morgan fingerprint density at radius 3 is 2.57 bits per heavy atom. The first-order valence-corrected chi connectivity index (χ1v) is 6.13. The summed E-state index contributed by atoms with van der Waals surface area (Å²) in [7, 11) is 0. The van der Waals surface area contributed by atoms with Crippen molar-refractivity contribution in [3.63, 3.8) is 0 Å². The molecule has 0 bridgehead atoms. The third kappa shape index (κ3) is 3.11. The quantitative estimate of drug-likeness (QED) is 0.531. The number of nitro benzene ring substituents is 1. The maximum Gasteiger partial charge on any atom is 0.280 e.